The van der Waals surface area contributed by atoms with Crippen LogP contribution in [0.15, 0.2) is 90.8 Å². The summed E-state index contributed by atoms with van der Waals surface area (Å²) in [6, 6.07) is 22.5. The van der Waals surface area contributed by atoms with Crippen molar-refractivity contribution in [3.8, 4) is 34.6 Å². The Morgan fingerprint density at radius 1 is 0.789 bits per heavy atom. The molecule has 2 unspecified atom stereocenters. The van der Waals surface area contributed by atoms with Crippen LogP contribution in [0.2, 0.25) is 0 Å². The number of para-hydroxylation sites is 1. The van der Waals surface area contributed by atoms with Gasteiger partial charge in [-0.05, 0) is 73.9 Å². The van der Waals surface area contributed by atoms with Crippen LogP contribution in [0.3, 0.4) is 0 Å². The maximum absolute atomic E-state index is 13.6. The van der Waals surface area contributed by atoms with Gasteiger partial charge in [0.25, 0.3) is 17.7 Å². The van der Waals surface area contributed by atoms with Crippen molar-refractivity contribution < 1.29 is 57.1 Å². The molecular formula is C50H53N9O12. The highest BCUT2D eigenvalue weighted by atomic mass is 16.6. The lowest BCUT2D eigenvalue weighted by Gasteiger charge is -2.32. The third kappa shape index (κ3) is 12.2. The molecule has 0 bridgehead atoms. The first-order valence-electron chi connectivity index (χ1n) is 23.3. The zero-order chi connectivity index (χ0) is 49.5. The molecule has 8 rings (SSSR count). The second-order valence-corrected chi connectivity index (χ2v) is 16.5. The molecular weight excluding hydrogens is 919 g/mol. The van der Waals surface area contributed by atoms with Gasteiger partial charge in [0.05, 0.1) is 88.6 Å². The second kappa shape index (κ2) is 24.3. The molecule has 71 heavy (non-hydrogen) atoms. The molecule has 370 valence electrons. The molecule has 3 aliphatic heterocycles. The summed E-state index contributed by atoms with van der Waals surface area (Å²) >= 11 is 0. The summed E-state index contributed by atoms with van der Waals surface area (Å²) < 4.78 is 41.4. The first-order valence-corrected chi connectivity index (χ1v) is 23.3. The number of fused-ring (bicyclic) bond motifs is 2. The van der Waals surface area contributed by atoms with Crippen LogP contribution in [-0.4, -0.2) is 151 Å². The van der Waals surface area contributed by atoms with E-state index in [0.717, 1.165) is 22.6 Å². The molecule has 2 fully saturated rings. The fourth-order valence-corrected chi connectivity index (χ4v) is 8.37. The summed E-state index contributed by atoms with van der Waals surface area (Å²) in [5, 5.41) is 17.7. The summed E-state index contributed by atoms with van der Waals surface area (Å²) in [7, 11) is 0. The van der Waals surface area contributed by atoms with E-state index in [1.165, 1.54) is 18.5 Å². The summed E-state index contributed by atoms with van der Waals surface area (Å²) in [5.74, 6) is -0.858. The molecule has 3 N–H and O–H groups in total. The number of nitriles is 1. The molecule has 0 radical (unpaired) electrons. The number of nitrogens with zero attached hydrogens (tertiary/aromatic N) is 7. The van der Waals surface area contributed by atoms with Crippen LogP contribution in [0.1, 0.15) is 52.4 Å². The van der Waals surface area contributed by atoms with Crippen LogP contribution in [0.4, 0.5) is 5.82 Å². The summed E-state index contributed by atoms with van der Waals surface area (Å²) in [4.78, 5) is 75.0. The third-order valence-corrected chi connectivity index (χ3v) is 11.8. The molecule has 2 atom stereocenters. The zero-order valence-electron chi connectivity index (χ0n) is 38.9. The lowest BCUT2D eigenvalue weighted by Crippen LogP contribution is -2.54. The van der Waals surface area contributed by atoms with Crippen molar-refractivity contribution in [2.24, 2.45) is 0 Å². The number of hydrogen-bond acceptors (Lipinski definition) is 17. The standard InChI is InChI=1S/C50H53N9O12/c51-30-34(48(62)57-18-5-6-35(31-57)59-46-43(45(52)53-32-54-46)44(56-59)33-11-13-37(14-12-33)71-36-7-2-1-3-8-36)17-19-65-20-21-66-22-23-67-24-25-68-26-27-69-28-29-70-40-10-4-9-38-42(40)50(64)58(49(38)63)39-15-16-41(60)55-47(39)61/h1-4,7-14,17,32,35,39H,5-6,15-16,18-29,31H2,(H2,52,53,54)(H,55,60,61). The summed E-state index contributed by atoms with van der Waals surface area (Å²) in [6.07, 6.45) is 4.42. The van der Waals surface area contributed by atoms with E-state index in [1.807, 2.05) is 65.3 Å². The van der Waals surface area contributed by atoms with Gasteiger partial charge in [-0.1, -0.05) is 24.3 Å². The van der Waals surface area contributed by atoms with Crippen LogP contribution >= 0.6 is 0 Å². The van der Waals surface area contributed by atoms with Gasteiger partial charge in [-0.3, -0.25) is 34.2 Å². The van der Waals surface area contributed by atoms with Gasteiger partial charge >= 0.3 is 0 Å². The van der Waals surface area contributed by atoms with Crippen LogP contribution in [0.25, 0.3) is 22.3 Å². The fraction of sp³-hybridized carbons (Fsp3) is 0.380. The van der Waals surface area contributed by atoms with E-state index in [4.69, 9.17) is 44.0 Å². The Hall–Kier alpha value is -7.61. The number of carbonyl (C=O) groups is 5. The quantitative estimate of drug-likeness (QED) is 0.0382. The number of imide groups is 2. The number of piperidine rings is 2. The lowest BCUT2D eigenvalue weighted by molar-refractivity contribution is -0.136. The number of nitrogens with two attached hydrogens (primary N) is 1. The number of likely N-dealkylation sites (tertiary alicyclic amines) is 1. The van der Waals surface area contributed by atoms with E-state index in [9.17, 15) is 29.2 Å². The van der Waals surface area contributed by atoms with Crippen LogP contribution in [0.5, 0.6) is 17.2 Å². The number of rotatable bonds is 24. The van der Waals surface area contributed by atoms with Crippen molar-refractivity contribution in [2.45, 2.75) is 37.8 Å². The average Bonchev–Trinajstić information content (AvgIpc) is 3.90. The monoisotopic (exact) mass is 971 g/mol. The lowest BCUT2D eigenvalue weighted by atomic mass is 10.0. The summed E-state index contributed by atoms with van der Waals surface area (Å²) in [5.41, 5.74) is 8.57. The maximum Gasteiger partial charge on any atom is 0.266 e. The van der Waals surface area contributed by atoms with Gasteiger partial charge in [0, 0.05) is 25.1 Å². The number of carbonyl (C=O) groups excluding carboxylic acids is 5. The van der Waals surface area contributed by atoms with E-state index >= 15 is 0 Å². The Labute approximate surface area is 408 Å². The molecule has 5 amide bonds. The van der Waals surface area contributed by atoms with Crippen molar-refractivity contribution in [1.29, 1.82) is 5.26 Å². The van der Waals surface area contributed by atoms with Crippen molar-refractivity contribution in [2.75, 3.05) is 91.5 Å². The molecule has 0 aliphatic carbocycles. The van der Waals surface area contributed by atoms with Crippen LogP contribution in [0, 0.1) is 11.3 Å². The van der Waals surface area contributed by atoms with Gasteiger partial charge in [0.15, 0.2) is 5.65 Å². The van der Waals surface area contributed by atoms with Gasteiger partial charge in [-0.15, -0.1) is 0 Å². The van der Waals surface area contributed by atoms with Crippen molar-refractivity contribution in [3.63, 3.8) is 0 Å². The number of ether oxygens (including phenoxy) is 7. The highest BCUT2D eigenvalue weighted by Crippen LogP contribution is 2.36. The number of aromatic nitrogens is 4. The van der Waals surface area contributed by atoms with E-state index < -0.39 is 29.7 Å². The molecule has 3 aromatic carbocycles. The number of anilines is 1. The Morgan fingerprint density at radius 2 is 1.46 bits per heavy atom. The van der Waals surface area contributed by atoms with Gasteiger partial charge in [-0.2, -0.15) is 10.4 Å². The zero-order valence-corrected chi connectivity index (χ0v) is 38.9. The predicted octanol–water partition coefficient (Wildman–Crippen LogP) is 4.04. The van der Waals surface area contributed by atoms with Gasteiger partial charge in [0.2, 0.25) is 11.8 Å². The van der Waals surface area contributed by atoms with E-state index in [0.29, 0.717) is 94.1 Å². The Bertz CT molecular complexity index is 2780. The van der Waals surface area contributed by atoms with Crippen molar-refractivity contribution in [3.05, 3.63) is 102 Å². The van der Waals surface area contributed by atoms with Gasteiger partial charge in [0.1, 0.15) is 59.4 Å². The third-order valence-electron chi connectivity index (χ3n) is 11.8. The number of nitrogen functional groups attached to an aromatic ring is 1. The predicted molar refractivity (Wildman–Crippen MR) is 253 cm³/mol. The highest BCUT2D eigenvalue weighted by molar-refractivity contribution is 6.24. The van der Waals surface area contributed by atoms with Crippen LogP contribution < -0.4 is 20.5 Å². The number of hydrogen-bond donors (Lipinski definition) is 2. The Kier molecular flexibility index (Phi) is 17.0. The minimum absolute atomic E-state index is 0.00908. The molecule has 21 heteroatoms. The normalized spacial score (nSPS) is 17.1. The number of amides is 5. The minimum Gasteiger partial charge on any atom is -0.490 e. The topological polar surface area (TPSA) is 262 Å². The fourth-order valence-electron chi connectivity index (χ4n) is 8.37. The smallest absolute Gasteiger partial charge is 0.266 e. The van der Waals surface area contributed by atoms with E-state index in [2.05, 4.69) is 15.3 Å². The highest BCUT2D eigenvalue weighted by Gasteiger charge is 2.46. The molecule has 2 saturated heterocycles. The number of nitrogens with one attached hydrogen (secondary N) is 1. The van der Waals surface area contributed by atoms with Crippen molar-refractivity contribution in [1.82, 2.24) is 34.9 Å². The minimum atomic E-state index is -1.06. The van der Waals surface area contributed by atoms with E-state index in [1.54, 1.807) is 17.0 Å². The van der Waals surface area contributed by atoms with E-state index in [-0.39, 0.29) is 73.7 Å². The Balaban J connectivity index is 0.674. The van der Waals surface area contributed by atoms with Gasteiger partial charge in [-0.25, -0.2) is 14.6 Å². The summed E-state index contributed by atoms with van der Waals surface area (Å²) in [6.45, 7) is 3.69. The first kappa shape index (κ1) is 49.8. The molecule has 5 aromatic rings. The molecule has 21 nitrogen and oxygen atoms in total. The largest absolute Gasteiger partial charge is 0.490 e. The molecule has 5 heterocycles. The van der Waals surface area contributed by atoms with Gasteiger partial charge < -0.3 is 43.8 Å². The SMILES string of the molecule is N#CC(=CCOCCOCCOCCOCCOCCOc1cccc2c1C(=O)N(C1CCC(=O)NC1=O)C2=O)C(=O)N1CCCC(n2nc(-c3ccc(Oc4ccccc4)cc3)c3c(N)ncnc32)C1. The van der Waals surface area contributed by atoms with Crippen LogP contribution in [-0.2, 0) is 38.1 Å². The molecule has 3 aliphatic rings. The first-order chi connectivity index (χ1) is 34.7. The molecule has 0 spiro atoms. The Morgan fingerprint density at radius 3 is 2.15 bits per heavy atom. The van der Waals surface area contributed by atoms with Crippen molar-refractivity contribution >= 4 is 46.4 Å². The second-order valence-electron chi connectivity index (χ2n) is 16.5. The molecule has 2 aromatic heterocycles. The average molecular weight is 972 g/mol. The number of benzene rings is 3. The maximum atomic E-state index is 13.6. The molecule has 0 saturated carbocycles.